The third-order valence-electron chi connectivity index (χ3n) is 3.88. The highest BCUT2D eigenvalue weighted by Crippen LogP contribution is 2.51. The van der Waals surface area contributed by atoms with Crippen molar-refractivity contribution in [2.45, 2.75) is 33.6 Å². The average Bonchev–Trinajstić information content (AvgIpc) is 3.09. The van der Waals surface area contributed by atoms with Crippen molar-refractivity contribution >= 4 is 15.7 Å². The van der Waals surface area contributed by atoms with Crippen LogP contribution in [0.1, 0.15) is 36.5 Å². The lowest BCUT2D eigenvalue weighted by molar-refractivity contribution is -0.127. The molecule has 116 valence electrons. The quantitative estimate of drug-likeness (QED) is 0.623. The SMILES string of the molecule is CCNCCS(=O)(=O)CCNC(=O)C1(C(C)C)CC1.[HH].[HH]. The topological polar surface area (TPSA) is 75.3 Å². The van der Waals surface area contributed by atoms with Crippen LogP contribution >= 0.6 is 0 Å². The van der Waals surface area contributed by atoms with E-state index in [0.29, 0.717) is 12.5 Å². The summed E-state index contributed by atoms with van der Waals surface area (Å²) in [5.41, 5.74) is -0.229. The van der Waals surface area contributed by atoms with Crippen LogP contribution in [0, 0.1) is 11.3 Å². The molecule has 1 rings (SSSR count). The highest BCUT2D eigenvalue weighted by atomic mass is 32.2. The third-order valence-corrected chi connectivity index (χ3v) is 5.54. The number of sulfone groups is 1. The average molecular weight is 294 g/mol. The lowest BCUT2D eigenvalue weighted by Gasteiger charge is -2.18. The summed E-state index contributed by atoms with van der Waals surface area (Å²) in [5.74, 6) is 0.492. The molecule has 0 aromatic rings. The van der Waals surface area contributed by atoms with Gasteiger partial charge < -0.3 is 10.6 Å². The second-order valence-electron chi connectivity index (χ2n) is 5.57. The summed E-state index contributed by atoms with van der Waals surface area (Å²) in [6.45, 7) is 7.49. The van der Waals surface area contributed by atoms with Crippen LogP contribution in [0.4, 0.5) is 0 Å². The molecule has 0 radical (unpaired) electrons. The van der Waals surface area contributed by atoms with Crippen molar-refractivity contribution in [3.63, 3.8) is 0 Å². The lowest BCUT2D eigenvalue weighted by atomic mass is 9.91. The molecule has 5 nitrogen and oxygen atoms in total. The van der Waals surface area contributed by atoms with Gasteiger partial charge in [0.05, 0.1) is 16.9 Å². The number of hydrogen-bond donors (Lipinski definition) is 2. The van der Waals surface area contributed by atoms with Gasteiger partial charge in [-0.25, -0.2) is 8.42 Å². The highest BCUT2D eigenvalue weighted by molar-refractivity contribution is 7.91. The molecule has 0 aromatic carbocycles. The molecule has 1 aliphatic rings. The zero-order valence-electron chi connectivity index (χ0n) is 12.2. The van der Waals surface area contributed by atoms with E-state index >= 15 is 0 Å². The van der Waals surface area contributed by atoms with Gasteiger partial charge in [0.2, 0.25) is 5.91 Å². The smallest absolute Gasteiger partial charge is 0.226 e. The van der Waals surface area contributed by atoms with E-state index in [1.807, 2.05) is 20.8 Å². The van der Waals surface area contributed by atoms with Gasteiger partial charge in [-0.15, -0.1) is 0 Å². The van der Waals surface area contributed by atoms with Gasteiger partial charge in [0.25, 0.3) is 0 Å². The second kappa shape index (κ2) is 6.70. The first-order chi connectivity index (χ1) is 8.84. The minimum absolute atomic E-state index is 0. The number of carbonyl (C=O) groups is 1. The standard InChI is InChI=1S/C13H26N2O3S.2H2/c1-4-14-7-9-19(17,18)10-8-15-12(16)13(5-6-13)11(2)3;;/h11,14H,4-10H2,1-3H3,(H,15,16);2*1H. The van der Waals surface area contributed by atoms with Crippen LogP contribution in [0.5, 0.6) is 0 Å². The van der Waals surface area contributed by atoms with Crippen LogP contribution < -0.4 is 10.6 Å². The summed E-state index contributed by atoms with van der Waals surface area (Å²) in [7, 11) is -3.07. The minimum atomic E-state index is -3.07. The maximum absolute atomic E-state index is 12.0. The molecule has 2 N–H and O–H groups in total. The Kier molecular flexibility index (Phi) is 5.80. The highest BCUT2D eigenvalue weighted by Gasteiger charge is 2.51. The van der Waals surface area contributed by atoms with Gasteiger partial charge in [0.15, 0.2) is 9.84 Å². The predicted molar refractivity (Wildman–Crippen MR) is 80.9 cm³/mol. The fourth-order valence-corrected chi connectivity index (χ4v) is 3.28. The number of carbonyl (C=O) groups excluding carboxylic acids is 1. The van der Waals surface area contributed by atoms with Gasteiger partial charge in [-0.05, 0) is 25.3 Å². The summed E-state index contributed by atoms with van der Waals surface area (Å²) < 4.78 is 23.4. The Morgan fingerprint density at radius 2 is 1.84 bits per heavy atom. The van der Waals surface area contributed by atoms with E-state index in [0.717, 1.165) is 19.4 Å². The number of rotatable bonds is 9. The summed E-state index contributed by atoms with van der Waals surface area (Å²) in [5, 5.41) is 5.76. The fourth-order valence-electron chi connectivity index (χ4n) is 2.20. The molecule has 0 aliphatic heterocycles. The molecule has 0 unspecified atom stereocenters. The molecule has 0 atom stereocenters. The van der Waals surface area contributed by atoms with Crippen LogP contribution in [0.3, 0.4) is 0 Å². The molecule has 1 saturated carbocycles. The maximum atomic E-state index is 12.0. The zero-order valence-corrected chi connectivity index (χ0v) is 13.0. The summed E-state index contributed by atoms with van der Waals surface area (Å²) in [6, 6.07) is 0. The molecule has 0 aromatic heterocycles. The van der Waals surface area contributed by atoms with Crippen molar-refractivity contribution in [3.8, 4) is 0 Å². The molecule has 0 heterocycles. The maximum Gasteiger partial charge on any atom is 0.226 e. The van der Waals surface area contributed by atoms with Crippen molar-refractivity contribution in [2.75, 3.05) is 31.1 Å². The Morgan fingerprint density at radius 3 is 2.32 bits per heavy atom. The van der Waals surface area contributed by atoms with Crippen LogP contribution in [0.2, 0.25) is 0 Å². The van der Waals surface area contributed by atoms with Gasteiger partial charge in [0, 0.05) is 15.9 Å². The number of amides is 1. The summed E-state index contributed by atoms with van der Waals surface area (Å²) >= 11 is 0. The van der Waals surface area contributed by atoms with E-state index < -0.39 is 9.84 Å². The van der Waals surface area contributed by atoms with Crippen LogP contribution in [-0.4, -0.2) is 45.5 Å². The Labute approximate surface area is 119 Å². The first kappa shape index (κ1) is 16.4. The molecule has 0 bridgehead atoms. The monoisotopic (exact) mass is 294 g/mol. The van der Waals surface area contributed by atoms with E-state index in [1.54, 1.807) is 0 Å². The van der Waals surface area contributed by atoms with Crippen molar-refractivity contribution in [2.24, 2.45) is 11.3 Å². The molecule has 0 spiro atoms. The van der Waals surface area contributed by atoms with Gasteiger partial charge in [-0.3, -0.25) is 4.79 Å². The lowest BCUT2D eigenvalue weighted by Crippen LogP contribution is -2.38. The van der Waals surface area contributed by atoms with E-state index in [-0.39, 0.29) is 32.2 Å². The Hall–Kier alpha value is -0.620. The van der Waals surface area contributed by atoms with Gasteiger partial charge >= 0.3 is 0 Å². The first-order valence-electron chi connectivity index (χ1n) is 7.03. The van der Waals surface area contributed by atoms with Crippen LogP contribution in [0.15, 0.2) is 0 Å². The van der Waals surface area contributed by atoms with Gasteiger partial charge in [0.1, 0.15) is 0 Å². The van der Waals surface area contributed by atoms with E-state index in [9.17, 15) is 13.2 Å². The largest absolute Gasteiger partial charge is 0.355 e. The molecule has 19 heavy (non-hydrogen) atoms. The third kappa shape index (κ3) is 4.76. The molecule has 0 saturated heterocycles. The molecule has 1 aliphatic carbocycles. The van der Waals surface area contributed by atoms with E-state index in [4.69, 9.17) is 0 Å². The summed E-state index contributed by atoms with van der Waals surface area (Å²) in [4.78, 5) is 12.0. The second-order valence-corrected chi connectivity index (χ2v) is 7.88. The number of hydrogen-bond acceptors (Lipinski definition) is 4. The number of nitrogens with one attached hydrogen (secondary N) is 2. The van der Waals surface area contributed by atoms with Gasteiger partial charge in [-0.1, -0.05) is 20.8 Å². The minimum Gasteiger partial charge on any atom is -0.355 e. The van der Waals surface area contributed by atoms with Crippen molar-refractivity contribution in [1.82, 2.24) is 10.6 Å². The normalized spacial score (nSPS) is 17.5. The zero-order chi connectivity index (χ0) is 14.5. The molecular weight excluding hydrogens is 264 g/mol. The molecule has 1 amide bonds. The first-order valence-corrected chi connectivity index (χ1v) is 8.85. The fraction of sp³-hybridized carbons (Fsp3) is 0.923. The Bertz CT molecular complexity index is 410. The van der Waals surface area contributed by atoms with Crippen molar-refractivity contribution < 1.29 is 16.1 Å². The van der Waals surface area contributed by atoms with Crippen molar-refractivity contribution in [1.29, 1.82) is 0 Å². The predicted octanol–water partition coefficient (Wildman–Crippen LogP) is 1.06. The molecular formula is C13H30N2O3S. The van der Waals surface area contributed by atoms with Crippen LogP contribution in [0.25, 0.3) is 0 Å². The summed E-state index contributed by atoms with van der Waals surface area (Å²) in [6.07, 6.45) is 1.84. The van der Waals surface area contributed by atoms with E-state index in [2.05, 4.69) is 10.6 Å². The van der Waals surface area contributed by atoms with Crippen LogP contribution in [-0.2, 0) is 14.6 Å². The molecule has 1 fully saturated rings. The Morgan fingerprint density at radius 1 is 1.26 bits per heavy atom. The Balaban J connectivity index is 0. The van der Waals surface area contributed by atoms with E-state index in [1.165, 1.54) is 0 Å². The molecule has 6 heteroatoms. The van der Waals surface area contributed by atoms with Gasteiger partial charge in [-0.2, -0.15) is 0 Å². The van der Waals surface area contributed by atoms with Crippen molar-refractivity contribution in [3.05, 3.63) is 0 Å².